The van der Waals surface area contributed by atoms with Gasteiger partial charge in [0.2, 0.25) is 15.9 Å². The number of amides is 1. The van der Waals surface area contributed by atoms with Crippen molar-refractivity contribution in [3.63, 3.8) is 0 Å². The number of nitro benzene ring substituents is 1. The Labute approximate surface area is 193 Å². The number of hydrogen-bond acceptors (Lipinski definition) is 5. The molecule has 0 aromatic heterocycles. The van der Waals surface area contributed by atoms with E-state index in [1.165, 1.54) is 18.2 Å². The molecule has 0 bridgehead atoms. The van der Waals surface area contributed by atoms with Crippen molar-refractivity contribution < 1.29 is 18.1 Å². The summed E-state index contributed by atoms with van der Waals surface area (Å²) < 4.78 is 26.0. The summed E-state index contributed by atoms with van der Waals surface area (Å²) in [6.45, 7) is 3.06. The summed E-state index contributed by atoms with van der Waals surface area (Å²) in [6.07, 6.45) is 0.966. The molecule has 3 aromatic rings. The minimum absolute atomic E-state index is 0.0914. The van der Waals surface area contributed by atoms with Gasteiger partial charge in [0.25, 0.3) is 5.69 Å². The summed E-state index contributed by atoms with van der Waals surface area (Å²) in [5.74, 6) is -0.540. The number of benzene rings is 3. The van der Waals surface area contributed by atoms with Gasteiger partial charge in [-0.1, -0.05) is 66.2 Å². The fourth-order valence-electron chi connectivity index (χ4n) is 3.55. The molecule has 0 radical (unpaired) electrons. The average Bonchev–Trinajstić information content (AvgIpc) is 2.76. The molecule has 0 saturated carbocycles. The van der Waals surface area contributed by atoms with Crippen LogP contribution in [0.25, 0.3) is 0 Å². The number of non-ortho nitro benzene ring substituents is 1. The van der Waals surface area contributed by atoms with E-state index < -0.39 is 33.4 Å². The van der Waals surface area contributed by atoms with Crippen molar-refractivity contribution in [1.29, 1.82) is 0 Å². The van der Waals surface area contributed by atoms with Crippen LogP contribution in [0.3, 0.4) is 0 Å². The molecule has 1 atom stereocenters. The Morgan fingerprint density at radius 2 is 1.67 bits per heavy atom. The third-order valence-corrected chi connectivity index (χ3v) is 6.30. The van der Waals surface area contributed by atoms with Gasteiger partial charge in [0.1, 0.15) is 6.54 Å². The fourth-order valence-corrected chi connectivity index (χ4v) is 4.46. The second-order valence-corrected chi connectivity index (χ2v) is 9.73. The summed E-state index contributed by atoms with van der Waals surface area (Å²) >= 11 is 0. The number of sulfonamides is 1. The van der Waals surface area contributed by atoms with Crippen molar-refractivity contribution in [2.45, 2.75) is 19.9 Å². The van der Waals surface area contributed by atoms with Crippen LogP contribution in [0.5, 0.6) is 0 Å². The lowest BCUT2D eigenvalue weighted by Crippen LogP contribution is -2.42. The highest BCUT2D eigenvalue weighted by Crippen LogP contribution is 2.28. The van der Waals surface area contributed by atoms with Crippen LogP contribution in [-0.4, -0.2) is 32.0 Å². The standard InChI is InChI=1S/C24H25N3O5S/c1-17-8-7-11-20(14-17)24(19-9-5-4-6-10-19)25-23(28)16-26(33(3,31)32)22-15-21(27(29)30)13-12-18(22)2/h4-15,24H,16H2,1-3H3,(H,25,28). The first-order chi connectivity index (χ1) is 15.6. The van der Waals surface area contributed by atoms with Crippen LogP contribution >= 0.6 is 0 Å². The highest BCUT2D eigenvalue weighted by atomic mass is 32.2. The van der Waals surface area contributed by atoms with Crippen LogP contribution in [-0.2, 0) is 14.8 Å². The number of nitro groups is 1. The zero-order valence-corrected chi connectivity index (χ0v) is 19.4. The van der Waals surface area contributed by atoms with Crippen molar-refractivity contribution in [2.24, 2.45) is 0 Å². The van der Waals surface area contributed by atoms with Gasteiger partial charge in [0, 0.05) is 12.1 Å². The minimum Gasteiger partial charge on any atom is -0.344 e. The Kier molecular flexibility index (Phi) is 7.13. The van der Waals surface area contributed by atoms with Gasteiger partial charge in [-0.2, -0.15) is 0 Å². The highest BCUT2D eigenvalue weighted by Gasteiger charge is 2.26. The third-order valence-electron chi connectivity index (χ3n) is 5.17. The van der Waals surface area contributed by atoms with Crippen molar-refractivity contribution in [1.82, 2.24) is 5.32 Å². The molecule has 0 saturated heterocycles. The number of hydrogen-bond donors (Lipinski definition) is 1. The predicted molar refractivity (Wildman–Crippen MR) is 128 cm³/mol. The van der Waals surface area contributed by atoms with Gasteiger partial charge in [0.05, 0.1) is 22.9 Å². The normalized spacial score (nSPS) is 12.1. The van der Waals surface area contributed by atoms with E-state index in [0.717, 1.165) is 27.3 Å². The zero-order valence-electron chi connectivity index (χ0n) is 18.6. The van der Waals surface area contributed by atoms with E-state index in [0.29, 0.717) is 5.56 Å². The van der Waals surface area contributed by atoms with E-state index in [1.54, 1.807) is 6.92 Å². The molecule has 3 aromatic carbocycles. The van der Waals surface area contributed by atoms with Gasteiger partial charge in [-0.25, -0.2) is 8.42 Å². The minimum atomic E-state index is -3.90. The monoisotopic (exact) mass is 467 g/mol. The molecule has 0 aliphatic rings. The third kappa shape index (κ3) is 5.95. The second-order valence-electron chi connectivity index (χ2n) is 7.82. The van der Waals surface area contributed by atoms with E-state index in [9.17, 15) is 23.3 Å². The van der Waals surface area contributed by atoms with Gasteiger partial charge >= 0.3 is 0 Å². The van der Waals surface area contributed by atoms with Crippen LogP contribution in [0.15, 0.2) is 72.8 Å². The molecule has 0 aliphatic heterocycles. The van der Waals surface area contributed by atoms with E-state index in [4.69, 9.17) is 0 Å². The molecular weight excluding hydrogens is 442 g/mol. The van der Waals surface area contributed by atoms with Crippen LogP contribution in [0.2, 0.25) is 0 Å². The molecule has 33 heavy (non-hydrogen) atoms. The maximum Gasteiger partial charge on any atom is 0.271 e. The highest BCUT2D eigenvalue weighted by molar-refractivity contribution is 7.92. The molecule has 1 unspecified atom stereocenters. The lowest BCUT2D eigenvalue weighted by Gasteiger charge is -2.26. The maximum absolute atomic E-state index is 13.1. The molecule has 0 spiro atoms. The number of nitrogens with zero attached hydrogens (tertiary/aromatic N) is 2. The van der Waals surface area contributed by atoms with Gasteiger partial charge in [-0.3, -0.25) is 19.2 Å². The Bertz CT molecular complexity index is 1280. The van der Waals surface area contributed by atoms with Crippen molar-refractivity contribution in [3.05, 3.63) is 105 Å². The van der Waals surface area contributed by atoms with E-state index in [1.807, 2.05) is 61.5 Å². The predicted octanol–water partition coefficient (Wildman–Crippen LogP) is 3.88. The average molecular weight is 468 g/mol. The van der Waals surface area contributed by atoms with Crippen LogP contribution in [0, 0.1) is 24.0 Å². The first-order valence-corrected chi connectivity index (χ1v) is 12.0. The summed E-state index contributed by atoms with van der Waals surface area (Å²) in [7, 11) is -3.90. The molecule has 0 aliphatic carbocycles. The number of anilines is 1. The van der Waals surface area contributed by atoms with E-state index in [-0.39, 0.29) is 11.4 Å². The first kappa shape index (κ1) is 23.9. The van der Waals surface area contributed by atoms with Crippen LogP contribution in [0.4, 0.5) is 11.4 Å². The van der Waals surface area contributed by atoms with Crippen LogP contribution in [0.1, 0.15) is 28.3 Å². The molecule has 172 valence electrons. The summed E-state index contributed by atoms with van der Waals surface area (Å²) in [6, 6.07) is 20.5. The van der Waals surface area contributed by atoms with Gasteiger partial charge in [-0.05, 0) is 30.5 Å². The van der Waals surface area contributed by atoms with E-state index >= 15 is 0 Å². The number of rotatable bonds is 8. The number of aryl methyl sites for hydroxylation is 2. The number of carbonyl (C=O) groups is 1. The summed E-state index contributed by atoms with van der Waals surface area (Å²) in [5, 5.41) is 14.1. The van der Waals surface area contributed by atoms with E-state index in [2.05, 4.69) is 5.32 Å². The van der Waals surface area contributed by atoms with Gasteiger partial charge in [0.15, 0.2) is 0 Å². The SMILES string of the molecule is Cc1cccc(C(NC(=O)CN(c2cc([N+](=O)[O-])ccc2C)S(C)(=O)=O)c2ccccc2)c1. The topological polar surface area (TPSA) is 110 Å². The molecule has 3 rings (SSSR count). The Hall–Kier alpha value is -3.72. The molecule has 1 N–H and O–H groups in total. The van der Waals surface area contributed by atoms with Crippen molar-refractivity contribution in [2.75, 3.05) is 17.1 Å². The van der Waals surface area contributed by atoms with Gasteiger partial charge < -0.3 is 5.32 Å². The van der Waals surface area contributed by atoms with Crippen LogP contribution < -0.4 is 9.62 Å². The first-order valence-electron chi connectivity index (χ1n) is 10.2. The quantitative estimate of drug-likeness (QED) is 0.399. The van der Waals surface area contributed by atoms with Crippen molar-refractivity contribution in [3.8, 4) is 0 Å². The van der Waals surface area contributed by atoms with Crippen molar-refractivity contribution >= 4 is 27.3 Å². The maximum atomic E-state index is 13.1. The molecule has 8 nitrogen and oxygen atoms in total. The summed E-state index contributed by atoms with van der Waals surface area (Å²) in [5.41, 5.74) is 3.05. The molecule has 0 fully saturated rings. The second kappa shape index (κ2) is 9.83. The number of carbonyl (C=O) groups excluding carboxylic acids is 1. The molecular formula is C24H25N3O5S. The lowest BCUT2D eigenvalue weighted by atomic mass is 9.97. The fraction of sp³-hybridized carbons (Fsp3) is 0.208. The molecule has 1 amide bonds. The Balaban J connectivity index is 1.95. The molecule has 9 heteroatoms. The molecule has 0 heterocycles. The smallest absolute Gasteiger partial charge is 0.271 e. The summed E-state index contributed by atoms with van der Waals surface area (Å²) in [4.78, 5) is 23.7. The largest absolute Gasteiger partial charge is 0.344 e. The zero-order chi connectivity index (χ0) is 24.2. The number of nitrogens with one attached hydrogen (secondary N) is 1. The van der Waals surface area contributed by atoms with Gasteiger partial charge in [-0.15, -0.1) is 0 Å². The Morgan fingerprint density at radius 3 is 2.27 bits per heavy atom. The lowest BCUT2D eigenvalue weighted by molar-refractivity contribution is -0.384. The Morgan fingerprint density at radius 1 is 1.00 bits per heavy atom.